The highest BCUT2D eigenvalue weighted by atomic mass is 79.9. The van der Waals surface area contributed by atoms with Gasteiger partial charge in [0.2, 0.25) is 0 Å². The molecule has 0 saturated heterocycles. The minimum atomic E-state index is -0.402. The second kappa shape index (κ2) is 8.69. The Hall–Kier alpha value is -1.86. The molecule has 0 aliphatic rings. The molecule has 2 rings (SSSR count). The fourth-order valence-corrected chi connectivity index (χ4v) is 2.90. The zero-order valence-electron chi connectivity index (χ0n) is 12.4. The van der Waals surface area contributed by atoms with Crippen molar-refractivity contribution in [1.82, 2.24) is 0 Å². The molecule has 0 fully saturated rings. The van der Waals surface area contributed by atoms with Crippen LogP contribution in [0.25, 0.3) is 0 Å². The van der Waals surface area contributed by atoms with Crippen LogP contribution in [0.2, 0.25) is 0 Å². The lowest BCUT2D eigenvalue weighted by Gasteiger charge is -2.06. The normalized spacial score (nSPS) is 11.9. The summed E-state index contributed by atoms with van der Waals surface area (Å²) in [5.74, 6) is 0.678. The number of nitrogens with two attached hydrogens (primary N) is 1. The van der Waals surface area contributed by atoms with E-state index in [9.17, 15) is 4.39 Å². The average molecular weight is 396 g/mol. The predicted octanol–water partition coefficient (Wildman–Crippen LogP) is 4.18. The number of amidine groups is 1. The number of rotatable bonds is 5. The third-order valence-electron chi connectivity index (χ3n) is 2.87. The van der Waals surface area contributed by atoms with Crippen LogP contribution in [0.15, 0.2) is 57.1 Å². The van der Waals surface area contributed by atoms with Crippen molar-refractivity contribution in [1.29, 1.82) is 0 Å². The number of ether oxygens (including phenoxy) is 1. The van der Waals surface area contributed by atoms with Crippen molar-refractivity contribution in [2.75, 3.05) is 7.11 Å². The Morgan fingerprint density at radius 1 is 1.30 bits per heavy atom. The molecule has 4 nitrogen and oxygen atoms in total. The summed E-state index contributed by atoms with van der Waals surface area (Å²) in [5, 5.41) is 8.20. The van der Waals surface area contributed by atoms with Crippen molar-refractivity contribution in [2.24, 2.45) is 15.9 Å². The Morgan fingerprint density at radius 2 is 2.04 bits per heavy atom. The first kappa shape index (κ1) is 17.5. The third kappa shape index (κ3) is 5.07. The van der Waals surface area contributed by atoms with Crippen molar-refractivity contribution >= 4 is 39.1 Å². The van der Waals surface area contributed by atoms with E-state index in [1.807, 2.05) is 30.3 Å². The van der Waals surface area contributed by atoms with Crippen molar-refractivity contribution in [3.63, 3.8) is 0 Å². The summed E-state index contributed by atoms with van der Waals surface area (Å²) in [6.45, 7) is 0. The lowest BCUT2D eigenvalue weighted by molar-refractivity contribution is 0.407. The fourth-order valence-electron chi connectivity index (χ4n) is 1.76. The summed E-state index contributed by atoms with van der Waals surface area (Å²) in [4.78, 5) is 0. The Kier molecular flexibility index (Phi) is 6.61. The molecule has 0 aromatic heterocycles. The first-order valence-electron chi connectivity index (χ1n) is 6.67. The average Bonchev–Trinajstić information content (AvgIpc) is 2.57. The second-order valence-corrected chi connectivity index (χ2v) is 6.23. The van der Waals surface area contributed by atoms with Crippen LogP contribution in [-0.4, -0.2) is 18.5 Å². The van der Waals surface area contributed by atoms with Gasteiger partial charge in [0.05, 0.1) is 17.8 Å². The molecule has 23 heavy (non-hydrogen) atoms. The molecule has 0 aliphatic carbocycles. The van der Waals surface area contributed by atoms with Gasteiger partial charge in [0.15, 0.2) is 5.17 Å². The van der Waals surface area contributed by atoms with Crippen LogP contribution in [0.4, 0.5) is 4.39 Å². The zero-order valence-corrected chi connectivity index (χ0v) is 14.8. The molecular weight excluding hydrogens is 381 g/mol. The minimum Gasteiger partial charge on any atom is -0.495 e. The number of halogens is 2. The number of benzene rings is 2. The van der Waals surface area contributed by atoms with E-state index < -0.39 is 5.82 Å². The molecule has 0 atom stereocenters. The first-order valence-corrected chi connectivity index (χ1v) is 8.45. The van der Waals surface area contributed by atoms with Gasteiger partial charge >= 0.3 is 0 Å². The second-order valence-electron chi connectivity index (χ2n) is 4.44. The van der Waals surface area contributed by atoms with Crippen LogP contribution < -0.4 is 10.5 Å². The lowest BCUT2D eigenvalue weighted by atomic mass is 10.2. The summed E-state index contributed by atoms with van der Waals surface area (Å²) in [7, 11) is 1.46. The molecule has 0 radical (unpaired) electrons. The molecule has 0 saturated carbocycles. The molecule has 0 spiro atoms. The number of hydrogen-bond acceptors (Lipinski definition) is 4. The highest BCUT2D eigenvalue weighted by molar-refractivity contribution is 9.10. The quantitative estimate of drug-likeness (QED) is 0.469. The van der Waals surface area contributed by atoms with E-state index in [0.717, 1.165) is 11.3 Å². The lowest BCUT2D eigenvalue weighted by Crippen LogP contribution is -2.06. The van der Waals surface area contributed by atoms with Gasteiger partial charge in [-0.15, -0.1) is 5.10 Å². The molecule has 2 N–H and O–H groups in total. The minimum absolute atomic E-state index is 0.249. The zero-order chi connectivity index (χ0) is 16.7. The monoisotopic (exact) mass is 395 g/mol. The SMILES string of the molecule is COc1c(C=NN=C(N)SCc2ccccc2)ccc(F)c1Br. The van der Waals surface area contributed by atoms with Crippen molar-refractivity contribution in [3.05, 3.63) is 63.9 Å². The summed E-state index contributed by atoms with van der Waals surface area (Å²) >= 11 is 4.53. The predicted molar refractivity (Wildman–Crippen MR) is 97.6 cm³/mol. The molecule has 7 heteroatoms. The highest BCUT2D eigenvalue weighted by Crippen LogP contribution is 2.30. The van der Waals surface area contributed by atoms with E-state index in [1.54, 1.807) is 6.07 Å². The molecule has 0 unspecified atom stereocenters. The van der Waals surface area contributed by atoms with E-state index in [4.69, 9.17) is 10.5 Å². The van der Waals surface area contributed by atoms with Gasteiger partial charge in [0.25, 0.3) is 0 Å². The summed E-state index contributed by atoms with van der Waals surface area (Å²) in [6, 6.07) is 12.8. The van der Waals surface area contributed by atoms with Gasteiger partial charge in [0, 0.05) is 11.3 Å². The van der Waals surface area contributed by atoms with Crippen LogP contribution in [-0.2, 0) is 5.75 Å². The number of methoxy groups -OCH3 is 1. The van der Waals surface area contributed by atoms with Crippen LogP contribution in [0.5, 0.6) is 5.75 Å². The van der Waals surface area contributed by atoms with E-state index in [1.165, 1.54) is 31.2 Å². The van der Waals surface area contributed by atoms with Gasteiger partial charge in [-0.25, -0.2) is 4.39 Å². The summed E-state index contributed by atoms with van der Waals surface area (Å²) < 4.78 is 18.8. The van der Waals surface area contributed by atoms with Gasteiger partial charge in [-0.1, -0.05) is 42.1 Å². The number of hydrogen-bond donors (Lipinski definition) is 1. The van der Waals surface area contributed by atoms with Gasteiger partial charge in [-0.2, -0.15) is 5.10 Å². The maximum absolute atomic E-state index is 13.4. The topological polar surface area (TPSA) is 60.0 Å². The van der Waals surface area contributed by atoms with Crippen LogP contribution >= 0.6 is 27.7 Å². The van der Waals surface area contributed by atoms with E-state index >= 15 is 0 Å². The van der Waals surface area contributed by atoms with Gasteiger partial charge in [-0.05, 0) is 33.6 Å². The van der Waals surface area contributed by atoms with E-state index in [-0.39, 0.29) is 4.47 Å². The van der Waals surface area contributed by atoms with E-state index in [2.05, 4.69) is 26.1 Å². The molecule has 0 amide bonds. The van der Waals surface area contributed by atoms with Gasteiger partial charge in [-0.3, -0.25) is 0 Å². The third-order valence-corrected chi connectivity index (χ3v) is 4.46. The molecule has 2 aromatic rings. The largest absolute Gasteiger partial charge is 0.495 e. The molecule has 0 heterocycles. The number of nitrogens with zero attached hydrogens (tertiary/aromatic N) is 2. The highest BCUT2D eigenvalue weighted by Gasteiger charge is 2.10. The standard InChI is InChI=1S/C16H15BrFN3OS/c1-22-15-12(7-8-13(18)14(15)17)9-20-21-16(19)23-10-11-5-3-2-4-6-11/h2-9H,10H2,1H3,(H2,19,21). The first-order chi connectivity index (χ1) is 11.1. The van der Waals surface area contributed by atoms with Crippen molar-refractivity contribution in [2.45, 2.75) is 5.75 Å². The van der Waals surface area contributed by atoms with Crippen molar-refractivity contribution in [3.8, 4) is 5.75 Å². The molecule has 0 aliphatic heterocycles. The maximum atomic E-state index is 13.4. The summed E-state index contributed by atoms with van der Waals surface area (Å²) in [6.07, 6.45) is 1.47. The fraction of sp³-hybridized carbons (Fsp3) is 0.125. The maximum Gasteiger partial charge on any atom is 0.180 e. The molecule has 0 bridgehead atoms. The van der Waals surface area contributed by atoms with Crippen LogP contribution in [0.1, 0.15) is 11.1 Å². The van der Waals surface area contributed by atoms with Gasteiger partial charge in [0.1, 0.15) is 11.6 Å². The summed E-state index contributed by atoms with van der Waals surface area (Å²) in [5.41, 5.74) is 7.57. The smallest absolute Gasteiger partial charge is 0.180 e. The number of thioether (sulfide) groups is 1. The Bertz CT molecular complexity index is 723. The van der Waals surface area contributed by atoms with Crippen LogP contribution in [0.3, 0.4) is 0 Å². The van der Waals surface area contributed by atoms with E-state index in [0.29, 0.717) is 16.5 Å². The molecular formula is C16H15BrFN3OS. The van der Waals surface area contributed by atoms with Crippen LogP contribution in [0, 0.1) is 5.82 Å². The van der Waals surface area contributed by atoms with Gasteiger partial charge < -0.3 is 10.5 Å². The Labute approximate surface area is 146 Å². The Morgan fingerprint density at radius 3 is 2.74 bits per heavy atom. The molecule has 2 aromatic carbocycles. The van der Waals surface area contributed by atoms with Crippen molar-refractivity contribution < 1.29 is 9.13 Å². The molecule has 120 valence electrons. The Balaban J connectivity index is 2.01.